The van der Waals surface area contributed by atoms with E-state index in [9.17, 15) is 50.4 Å². The molecule has 0 fully saturated rings. The van der Waals surface area contributed by atoms with E-state index >= 15 is 0 Å². The van der Waals surface area contributed by atoms with E-state index in [1.165, 1.54) is 50.1 Å². The van der Waals surface area contributed by atoms with Gasteiger partial charge in [-0.25, -0.2) is 14.1 Å². The molecule has 0 aliphatic heterocycles. The van der Waals surface area contributed by atoms with Crippen molar-refractivity contribution in [2.45, 2.75) is 87.4 Å². The first-order valence-corrected chi connectivity index (χ1v) is 20.2. The van der Waals surface area contributed by atoms with Gasteiger partial charge in [0.1, 0.15) is 5.82 Å². The van der Waals surface area contributed by atoms with E-state index in [2.05, 4.69) is 124 Å². The number of halogens is 12. The summed E-state index contributed by atoms with van der Waals surface area (Å²) in [5, 5.41) is 3.71. The molecule has 0 bridgehead atoms. The maximum atomic E-state index is 9.87. The molecule has 0 atom stereocenters. The number of nitrogens with zero attached hydrogens (tertiary/aromatic N) is 3. The third-order valence-electron chi connectivity index (χ3n) is 7.48. The molecule has 4 aromatic rings. The van der Waals surface area contributed by atoms with Crippen molar-refractivity contribution < 1.29 is 59.5 Å². The standard InChI is InChI=1S/C34H44N4.2F6P/c1-8-28-31(19-35-34-18-26(6)17-27(7)36-34)29(9-2)33(23-38-16-12-14-25(5)21-38)30(10-3)32(28)22-37-15-11-13-24(4)20-37;2*1-7(2,3,4,5)6/h11-18,20-21H,8-10,19,22-23H2,1-7H3,(H,35,36);;/q+2;2*-1. The van der Waals surface area contributed by atoms with Gasteiger partial charge < -0.3 is 5.32 Å². The van der Waals surface area contributed by atoms with Crippen LogP contribution in [0, 0.1) is 27.7 Å². The molecule has 18 heteroatoms. The molecule has 1 aromatic carbocycles. The first-order valence-electron chi connectivity index (χ1n) is 16.1. The van der Waals surface area contributed by atoms with Crippen LogP contribution in [-0.2, 0) is 38.9 Å². The Morgan fingerprint density at radius 2 is 0.904 bits per heavy atom. The van der Waals surface area contributed by atoms with Gasteiger partial charge >= 0.3 is 66.0 Å². The van der Waals surface area contributed by atoms with Crippen LogP contribution >= 0.6 is 15.6 Å². The van der Waals surface area contributed by atoms with E-state index in [0.717, 1.165) is 50.4 Å². The quantitative estimate of drug-likeness (QED) is 0.0985. The van der Waals surface area contributed by atoms with Crippen molar-refractivity contribution >= 4 is 21.4 Å². The summed E-state index contributed by atoms with van der Waals surface area (Å²) >= 11 is 0. The second-order valence-electron chi connectivity index (χ2n) is 12.5. The third-order valence-corrected chi connectivity index (χ3v) is 7.48. The molecule has 0 amide bonds. The van der Waals surface area contributed by atoms with Crippen LogP contribution in [0.4, 0.5) is 56.2 Å². The average Bonchev–Trinajstić information content (AvgIpc) is 2.92. The normalized spacial score (nSPS) is 14.4. The summed E-state index contributed by atoms with van der Waals surface area (Å²) < 4.78 is 123. The van der Waals surface area contributed by atoms with Crippen molar-refractivity contribution in [2.24, 2.45) is 0 Å². The molecular formula is C34H44F12N4P2. The van der Waals surface area contributed by atoms with Gasteiger partial charge in [0.15, 0.2) is 37.9 Å². The molecule has 3 aromatic heterocycles. The van der Waals surface area contributed by atoms with E-state index in [-0.39, 0.29) is 0 Å². The summed E-state index contributed by atoms with van der Waals surface area (Å²) in [4.78, 5) is 4.77. The molecule has 0 unspecified atom stereocenters. The van der Waals surface area contributed by atoms with Crippen LogP contribution in [0.15, 0.2) is 61.2 Å². The first-order chi connectivity index (χ1) is 23.2. The first kappa shape index (κ1) is 44.7. The summed E-state index contributed by atoms with van der Waals surface area (Å²) in [6.45, 7) is 18.0. The Labute approximate surface area is 295 Å². The monoisotopic (exact) mass is 798 g/mol. The maximum absolute atomic E-state index is 10.7. The minimum absolute atomic E-state index is 0.781. The molecule has 4 rings (SSSR count). The summed E-state index contributed by atoms with van der Waals surface area (Å²) in [5.41, 5.74) is 13.8. The number of rotatable bonds is 10. The van der Waals surface area contributed by atoms with Gasteiger partial charge in [0, 0.05) is 46.6 Å². The fraction of sp³-hybridized carbons (Fsp3) is 0.382. The molecule has 0 aliphatic rings. The number of aryl methyl sites for hydroxylation is 4. The molecular weight excluding hydrogens is 754 g/mol. The zero-order chi connectivity index (χ0) is 40.0. The Morgan fingerprint density at radius 3 is 1.23 bits per heavy atom. The van der Waals surface area contributed by atoms with Crippen LogP contribution in [0.3, 0.4) is 0 Å². The van der Waals surface area contributed by atoms with E-state index in [1.807, 2.05) is 0 Å². The van der Waals surface area contributed by atoms with E-state index in [4.69, 9.17) is 4.98 Å². The van der Waals surface area contributed by atoms with E-state index in [0.29, 0.717) is 0 Å². The van der Waals surface area contributed by atoms with Crippen molar-refractivity contribution in [2.75, 3.05) is 5.32 Å². The van der Waals surface area contributed by atoms with Crippen molar-refractivity contribution in [3.8, 4) is 0 Å². The zero-order valence-corrected chi connectivity index (χ0v) is 31.6. The van der Waals surface area contributed by atoms with Gasteiger partial charge in [-0.15, -0.1) is 0 Å². The van der Waals surface area contributed by atoms with Gasteiger partial charge in [-0.1, -0.05) is 20.8 Å². The third kappa shape index (κ3) is 18.8. The predicted molar refractivity (Wildman–Crippen MR) is 184 cm³/mol. The Morgan fingerprint density at radius 1 is 0.538 bits per heavy atom. The van der Waals surface area contributed by atoms with Crippen molar-refractivity contribution in [3.05, 3.63) is 117 Å². The predicted octanol–water partition coefficient (Wildman–Crippen LogP) is 13.1. The topological polar surface area (TPSA) is 32.7 Å². The fourth-order valence-electron chi connectivity index (χ4n) is 5.95. The van der Waals surface area contributed by atoms with Crippen LogP contribution in [0.2, 0.25) is 0 Å². The van der Waals surface area contributed by atoms with Crippen LogP contribution < -0.4 is 14.5 Å². The van der Waals surface area contributed by atoms with Crippen LogP contribution in [0.25, 0.3) is 0 Å². The number of pyridine rings is 3. The number of hydrogen-bond acceptors (Lipinski definition) is 2. The van der Waals surface area contributed by atoms with Crippen molar-refractivity contribution in [3.63, 3.8) is 0 Å². The number of hydrogen-bond donors (Lipinski definition) is 1. The summed E-state index contributed by atoms with van der Waals surface area (Å²) in [6, 6.07) is 12.9. The Kier molecular flexibility index (Phi) is 12.6. The Balaban J connectivity index is 0.000000564. The number of aromatic nitrogens is 3. The summed E-state index contributed by atoms with van der Waals surface area (Å²) in [5.74, 6) is 0.954. The van der Waals surface area contributed by atoms with Gasteiger partial charge in [-0.2, -0.15) is 0 Å². The molecule has 0 saturated heterocycles. The van der Waals surface area contributed by atoms with Crippen molar-refractivity contribution in [1.29, 1.82) is 0 Å². The van der Waals surface area contributed by atoms with Gasteiger partial charge in [0.2, 0.25) is 0 Å². The van der Waals surface area contributed by atoms with E-state index < -0.39 is 15.6 Å². The molecule has 294 valence electrons. The molecule has 0 radical (unpaired) electrons. The van der Waals surface area contributed by atoms with Gasteiger partial charge in [-0.3, -0.25) is 0 Å². The van der Waals surface area contributed by atoms with E-state index in [1.54, 1.807) is 0 Å². The second-order valence-corrected chi connectivity index (χ2v) is 16.3. The SMILES string of the molecule is CCc1c(CNc2cc(C)cc(C)n2)c(CC)c(C[n+]2cccc(C)c2)c(CC)c1C[n+]1cccc(C)c1.F[P-](F)(F)(F)(F)F.F[P-](F)(F)(F)(F)F. The summed E-state index contributed by atoms with van der Waals surface area (Å²) in [6.07, 6.45) is 12.0. The fourth-order valence-corrected chi connectivity index (χ4v) is 5.95. The molecule has 0 aliphatic carbocycles. The average molecular weight is 799 g/mol. The molecule has 4 nitrogen and oxygen atoms in total. The Hall–Kier alpha value is -3.51. The molecule has 3 heterocycles. The molecule has 0 saturated carbocycles. The van der Waals surface area contributed by atoms with Gasteiger partial charge in [-0.05, 0) is 99.0 Å². The zero-order valence-electron chi connectivity index (χ0n) is 29.8. The van der Waals surface area contributed by atoms with Crippen LogP contribution in [0.5, 0.6) is 0 Å². The second kappa shape index (κ2) is 14.7. The Bertz CT molecular complexity index is 1730. The molecule has 52 heavy (non-hydrogen) atoms. The summed E-state index contributed by atoms with van der Waals surface area (Å²) in [7, 11) is -21.3. The molecule has 0 spiro atoms. The van der Waals surface area contributed by atoms with Crippen LogP contribution in [-0.4, -0.2) is 4.98 Å². The number of benzene rings is 1. The van der Waals surface area contributed by atoms with Gasteiger partial charge in [0.05, 0.1) is 0 Å². The number of nitrogens with one attached hydrogen (secondary N) is 1. The van der Waals surface area contributed by atoms with Gasteiger partial charge in [0.25, 0.3) is 0 Å². The van der Waals surface area contributed by atoms with Crippen molar-refractivity contribution in [1.82, 2.24) is 4.98 Å². The number of anilines is 1. The molecule has 1 N–H and O–H groups in total. The van der Waals surface area contributed by atoms with Crippen LogP contribution in [0.1, 0.15) is 76.5 Å². The minimum atomic E-state index is -10.7.